The van der Waals surface area contributed by atoms with E-state index >= 15 is 0 Å². The normalized spacial score (nSPS) is 10.3. The zero-order chi connectivity index (χ0) is 15.2. The number of hydrogen-bond acceptors (Lipinski definition) is 4. The second kappa shape index (κ2) is 6.67. The Kier molecular flexibility index (Phi) is 4.68. The van der Waals surface area contributed by atoms with E-state index in [1.807, 2.05) is 0 Å². The number of aromatic carboxylic acids is 1. The Bertz CT molecular complexity index is 608. The molecule has 1 amide bonds. The predicted molar refractivity (Wildman–Crippen MR) is 75.1 cm³/mol. The third-order valence-corrected chi connectivity index (χ3v) is 2.95. The zero-order valence-corrected chi connectivity index (χ0v) is 11.2. The van der Waals surface area contributed by atoms with Crippen molar-refractivity contribution in [1.82, 2.24) is 10.2 Å². The summed E-state index contributed by atoms with van der Waals surface area (Å²) in [5.74, 6) is -1.24. The molecule has 1 heterocycles. The minimum Gasteiger partial charge on any atom is -0.478 e. The number of aliphatic hydroxyl groups excluding tert-OH is 1. The number of aromatic nitrogens is 2. The molecular weight excluding hydrogens is 274 g/mol. The molecule has 1 aromatic heterocycles. The van der Waals surface area contributed by atoms with E-state index in [4.69, 9.17) is 10.2 Å². The van der Waals surface area contributed by atoms with Gasteiger partial charge in [0.05, 0.1) is 18.6 Å². The van der Waals surface area contributed by atoms with E-state index in [9.17, 15) is 9.59 Å². The van der Waals surface area contributed by atoms with Gasteiger partial charge in [-0.1, -0.05) is 0 Å². The molecule has 0 saturated carbocycles. The van der Waals surface area contributed by atoms with Crippen LogP contribution in [0.4, 0.5) is 5.69 Å². The number of anilines is 1. The van der Waals surface area contributed by atoms with Gasteiger partial charge in [-0.3, -0.25) is 9.89 Å². The molecule has 0 aliphatic rings. The minimum absolute atomic E-state index is 0.126. The molecule has 0 fully saturated rings. The van der Waals surface area contributed by atoms with Crippen LogP contribution in [0.1, 0.15) is 16.1 Å². The van der Waals surface area contributed by atoms with Gasteiger partial charge in [0.15, 0.2) is 0 Å². The number of H-pyrrole nitrogens is 1. The number of amides is 1. The maximum atomic E-state index is 12.3. The van der Waals surface area contributed by atoms with Gasteiger partial charge in [0.2, 0.25) is 5.91 Å². The Labute approximate surface area is 120 Å². The second-order valence-corrected chi connectivity index (χ2v) is 4.38. The number of nitrogens with one attached hydrogen (secondary N) is 1. The van der Waals surface area contributed by atoms with Crippen molar-refractivity contribution in [2.45, 2.75) is 6.42 Å². The zero-order valence-electron chi connectivity index (χ0n) is 11.2. The number of carboxylic acid groups (broad SMARTS) is 1. The van der Waals surface area contributed by atoms with E-state index in [0.29, 0.717) is 11.4 Å². The molecule has 1 aromatic carbocycles. The van der Waals surface area contributed by atoms with Gasteiger partial charge >= 0.3 is 5.97 Å². The number of carbonyl (C=O) groups excluding carboxylic acids is 1. The molecule has 0 atom stereocenters. The maximum absolute atomic E-state index is 12.3. The molecular formula is C14H15N3O4. The summed E-state index contributed by atoms with van der Waals surface area (Å²) >= 11 is 0. The molecule has 0 aliphatic heterocycles. The van der Waals surface area contributed by atoms with Crippen LogP contribution < -0.4 is 4.90 Å². The molecule has 0 aliphatic carbocycles. The molecule has 2 aromatic rings. The highest BCUT2D eigenvalue weighted by molar-refractivity contribution is 5.95. The largest absolute Gasteiger partial charge is 0.478 e. The monoisotopic (exact) mass is 289 g/mol. The fraction of sp³-hybridized carbons (Fsp3) is 0.214. The van der Waals surface area contributed by atoms with E-state index in [0.717, 1.165) is 0 Å². The molecule has 7 heteroatoms. The molecule has 2 rings (SSSR count). The van der Waals surface area contributed by atoms with Crippen LogP contribution >= 0.6 is 0 Å². The Balaban J connectivity index is 2.17. The van der Waals surface area contributed by atoms with Gasteiger partial charge in [-0.15, -0.1) is 0 Å². The van der Waals surface area contributed by atoms with Gasteiger partial charge in [0.1, 0.15) is 0 Å². The highest BCUT2D eigenvalue weighted by Crippen LogP contribution is 2.16. The van der Waals surface area contributed by atoms with Gasteiger partial charge in [-0.2, -0.15) is 5.10 Å². The number of aliphatic hydroxyl groups is 1. The number of carbonyl (C=O) groups is 2. The van der Waals surface area contributed by atoms with Crippen molar-refractivity contribution < 1.29 is 19.8 Å². The van der Waals surface area contributed by atoms with Crippen molar-refractivity contribution in [3.05, 3.63) is 47.8 Å². The quantitative estimate of drug-likeness (QED) is 0.725. The summed E-state index contributed by atoms with van der Waals surface area (Å²) in [6.45, 7) is -0.0468. The van der Waals surface area contributed by atoms with Gasteiger partial charge in [0, 0.05) is 24.1 Å². The van der Waals surface area contributed by atoms with Crippen molar-refractivity contribution in [2.75, 3.05) is 18.1 Å². The van der Waals surface area contributed by atoms with E-state index in [1.165, 1.54) is 17.0 Å². The Morgan fingerprint density at radius 3 is 2.43 bits per heavy atom. The van der Waals surface area contributed by atoms with E-state index in [-0.39, 0.29) is 31.0 Å². The first-order chi connectivity index (χ1) is 10.1. The second-order valence-electron chi connectivity index (χ2n) is 4.38. The summed E-state index contributed by atoms with van der Waals surface area (Å²) < 4.78 is 0. The topological polar surface area (TPSA) is 107 Å². The van der Waals surface area contributed by atoms with Crippen molar-refractivity contribution in [1.29, 1.82) is 0 Å². The standard InChI is InChI=1S/C14H15N3O4/c18-8-7-17(13(19)9-11-5-6-15-16-11)12-3-1-10(2-4-12)14(20)21/h1-6,18H,7-9H2,(H,15,16)(H,20,21). The predicted octanol–water partition coefficient (Wildman–Crippen LogP) is 0.676. The van der Waals surface area contributed by atoms with Crippen LogP contribution in [0.5, 0.6) is 0 Å². The average molecular weight is 289 g/mol. The Morgan fingerprint density at radius 2 is 1.90 bits per heavy atom. The van der Waals surface area contributed by atoms with Gasteiger partial charge < -0.3 is 15.1 Å². The molecule has 110 valence electrons. The first kappa shape index (κ1) is 14.7. The lowest BCUT2D eigenvalue weighted by molar-refractivity contribution is -0.118. The summed E-state index contributed by atoms with van der Waals surface area (Å²) in [7, 11) is 0. The van der Waals surface area contributed by atoms with Crippen LogP contribution in [0.2, 0.25) is 0 Å². The molecule has 21 heavy (non-hydrogen) atoms. The summed E-state index contributed by atoms with van der Waals surface area (Å²) in [4.78, 5) is 24.5. The number of nitrogens with zero attached hydrogens (tertiary/aromatic N) is 2. The van der Waals surface area contributed by atoms with Gasteiger partial charge in [0.25, 0.3) is 0 Å². The van der Waals surface area contributed by atoms with Crippen molar-refractivity contribution in [3.63, 3.8) is 0 Å². The lowest BCUT2D eigenvalue weighted by atomic mass is 10.2. The fourth-order valence-corrected chi connectivity index (χ4v) is 1.92. The molecule has 0 bridgehead atoms. The fourth-order valence-electron chi connectivity index (χ4n) is 1.92. The third kappa shape index (κ3) is 3.67. The molecule has 0 spiro atoms. The van der Waals surface area contributed by atoms with Crippen LogP contribution in [0.3, 0.4) is 0 Å². The number of hydrogen-bond donors (Lipinski definition) is 3. The van der Waals surface area contributed by atoms with E-state index < -0.39 is 5.97 Å². The molecule has 0 unspecified atom stereocenters. The maximum Gasteiger partial charge on any atom is 0.335 e. The Hall–Kier alpha value is -2.67. The number of benzene rings is 1. The van der Waals surface area contributed by atoms with Gasteiger partial charge in [-0.05, 0) is 30.3 Å². The van der Waals surface area contributed by atoms with E-state index in [2.05, 4.69) is 10.2 Å². The van der Waals surface area contributed by atoms with Crippen LogP contribution in [0, 0.1) is 0 Å². The van der Waals surface area contributed by atoms with Crippen LogP contribution in [0.15, 0.2) is 36.5 Å². The summed E-state index contributed by atoms with van der Waals surface area (Å²) in [6.07, 6.45) is 1.68. The lowest BCUT2D eigenvalue weighted by Gasteiger charge is -2.21. The minimum atomic E-state index is -1.03. The SMILES string of the molecule is O=C(O)c1ccc(N(CCO)C(=O)Cc2ccn[nH]2)cc1. The molecule has 0 saturated heterocycles. The molecule has 7 nitrogen and oxygen atoms in total. The average Bonchev–Trinajstić information content (AvgIpc) is 2.97. The molecule has 0 radical (unpaired) electrons. The summed E-state index contributed by atoms with van der Waals surface area (Å²) in [5.41, 5.74) is 1.35. The first-order valence-corrected chi connectivity index (χ1v) is 6.34. The van der Waals surface area contributed by atoms with Crippen LogP contribution in [-0.2, 0) is 11.2 Å². The van der Waals surface area contributed by atoms with Crippen molar-refractivity contribution in [2.24, 2.45) is 0 Å². The van der Waals surface area contributed by atoms with Crippen LogP contribution in [-0.4, -0.2) is 45.4 Å². The number of rotatable bonds is 6. The highest BCUT2D eigenvalue weighted by atomic mass is 16.4. The molecule has 3 N–H and O–H groups in total. The third-order valence-electron chi connectivity index (χ3n) is 2.95. The van der Waals surface area contributed by atoms with E-state index in [1.54, 1.807) is 24.4 Å². The van der Waals surface area contributed by atoms with Crippen molar-refractivity contribution >= 4 is 17.6 Å². The smallest absolute Gasteiger partial charge is 0.335 e. The Morgan fingerprint density at radius 1 is 1.19 bits per heavy atom. The summed E-state index contributed by atoms with van der Waals surface area (Å²) in [6, 6.07) is 7.63. The number of carboxylic acids is 1. The lowest BCUT2D eigenvalue weighted by Crippen LogP contribution is -2.34. The highest BCUT2D eigenvalue weighted by Gasteiger charge is 2.16. The van der Waals surface area contributed by atoms with Crippen LogP contribution in [0.25, 0.3) is 0 Å². The number of aromatic amines is 1. The van der Waals surface area contributed by atoms with Crippen molar-refractivity contribution in [3.8, 4) is 0 Å². The van der Waals surface area contributed by atoms with Gasteiger partial charge in [-0.25, -0.2) is 4.79 Å². The summed E-state index contributed by atoms with van der Waals surface area (Å²) in [5, 5.41) is 24.5. The first-order valence-electron chi connectivity index (χ1n) is 6.34.